The van der Waals surface area contributed by atoms with Gasteiger partial charge in [-0.25, -0.2) is 4.98 Å². The number of fused-ring (bicyclic) bond motifs is 2. The molecule has 0 radical (unpaired) electrons. The molecule has 10 nitrogen and oxygen atoms in total. The zero-order valence-corrected chi connectivity index (χ0v) is 27.9. The summed E-state index contributed by atoms with van der Waals surface area (Å²) in [5.74, 6) is 1.71. The van der Waals surface area contributed by atoms with Crippen LogP contribution in [0.3, 0.4) is 0 Å². The Labute approximate surface area is 289 Å². The lowest BCUT2D eigenvalue weighted by atomic mass is 10.1. The van der Waals surface area contributed by atoms with E-state index in [-0.39, 0.29) is 41.1 Å². The van der Waals surface area contributed by atoms with Crippen LogP contribution in [0.25, 0.3) is 10.9 Å². The first-order valence-corrected chi connectivity index (χ1v) is 15.2. The molecule has 7 rings (SSSR count). The molecule has 0 atom stereocenters. The second-order valence-electron chi connectivity index (χ2n) is 11.6. The summed E-state index contributed by atoms with van der Waals surface area (Å²) < 4.78 is 57.1. The number of halogens is 4. The fraction of sp³-hybridized carbons (Fsp3) is 0.229. The first kappa shape index (κ1) is 33.8. The summed E-state index contributed by atoms with van der Waals surface area (Å²) in [5.41, 5.74) is 2.20. The SMILES string of the molecule is Br.Cn1c(C(=O)N2CCN(Cc3ccc4c(c3)OCO4)CC2)cc2cc(Oc3ccc(NC(=O)c4ccc(C(F)(F)F)cc4)cn3)ccc21. The third kappa shape index (κ3) is 7.34. The quantitative estimate of drug-likeness (QED) is 0.194. The summed E-state index contributed by atoms with van der Waals surface area (Å²) in [6.45, 7) is 3.76. The summed E-state index contributed by atoms with van der Waals surface area (Å²) in [6, 6.07) is 20.4. The van der Waals surface area contributed by atoms with Gasteiger partial charge in [0.2, 0.25) is 12.7 Å². The maximum atomic E-state index is 13.6. The van der Waals surface area contributed by atoms with Crippen molar-refractivity contribution in [1.29, 1.82) is 0 Å². The van der Waals surface area contributed by atoms with Crippen LogP contribution in [0.4, 0.5) is 18.9 Å². The largest absolute Gasteiger partial charge is 0.454 e. The number of rotatable bonds is 7. The number of benzene rings is 3. The molecule has 0 saturated carbocycles. The normalized spacial score (nSPS) is 14.4. The zero-order chi connectivity index (χ0) is 33.4. The second kappa shape index (κ2) is 13.8. The number of hydrogen-bond donors (Lipinski definition) is 1. The first-order valence-electron chi connectivity index (χ1n) is 15.2. The van der Waals surface area contributed by atoms with E-state index in [0.717, 1.165) is 71.9 Å². The molecule has 2 aromatic heterocycles. The Morgan fingerprint density at radius 1 is 0.898 bits per heavy atom. The van der Waals surface area contributed by atoms with Gasteiger partial charge in [0.15, 0.2) is 11.5 Å². The van der Waals surface area contributed by atoms with Crippen LogP contribution in [0.2, 0.25) is 0 Å². The number of aryl methyl sites for hydroxylation is 1. The van der Waals surface area contributed by atoms with Crippen molar-refractivity contribution in [1.82, 2.24) is 19.4 Å². The fourth-order valence-corrected chi connectivity index (χ4v) is 5.81. The van der Waals surface area contributed by atoms with E-state index in [9.17, 15) is 22.8 Å². The molecule has 2 aliphatic heterocycles. The molecule has 49 heavy (non-hydrogen) atoms. The van der Waals surface area contributed by atoms with E-state index < -0.39 is 17.6 Å². The Hall–Kier alpha value is -5.08. The van der Waals surface area contributed by atoms with Crippen LogP contribution in [-0.4, -0.2) is 64.1 Å². The number of amides is 2. The van der Waals surface area contributed by atoms with E-state index in [4.69, 9.17) is 14.2 Å². The van der Waals surface area contributed by atoms with Crippen molar-refractivity contribution < 1.29 is 37.0 Å². The van der Waals surface area contributed by atoms with Gasteiger partial charge in [-0.3, -0.25) is 14.5 Å². The molecule has 254 valence electrons. The smallest absolute Gasteiger partial charge is 0.416 e. The Kier molecular flexibility index (Phi) is 9.52. The summed E-state index contributed by atoms with van der Waals surface area (Å²) in [7, 11) is 1.87. The van der Waals surface area contributed by atoms with Crippen LogP contribution in [-0.2, 0) is 19.8 Å². The fourth-order valence-electron chi connectivity index (χ4n) is 5.81. The molecule has 0 bridgehead atoms. The van der Waals surface area contributed by atoms with Gasteiger partial charge in [0, 0.05) is 62.3 Å². The molecule has 0 aliphatic carbocycles. The van der Waals surface area contributed by atoms with Crippen molar-refractivity contribution >= 4 is 45.4 Å². The van der Waals surface area contributed by atoms with Gasteiger partial charge in [0.1, 0.15) is 11.4 Å². The number of nitrogens with zero attached hydrogens (tertiary/aromatic N) is 4. The van der Waals surface area contributed by atoms with Gasteiger partial charge in [-0.15, -0.1) is 17.0 Å². The highest BCUT2D eigenvalue weighted by Gasteiger charge is 2.30. The first-order chi connectivity index (χ1) is 23.1. The van der Waals surface area contributed by atoms with Crippen LogP contribution in [0.1, 0.15) is 32.0 Å². The molecule has 3 aromatic carbocycles. The van der Waals surface area contributed by atoms with Gasteiger partial charge in [-0.05, 0) is 72.3 Å². The summed E-state index contributed by atoms with van der Waals surface area (Å²) in [6.07, 6.45) is -3.09. The van der Waals surface area contributed by atoms with Crippen molar-refractivity contribution in [2.24, 2.45) is 7.05 Å². The second-order valence-corrected chi connectivity index (χ2v) is 11.6. The van der Waals surface area contributed by atoms with Gasteiger partial charge >= 0.3 is 6.18 Å². The van der Waals surface area contributed by atoms with Gasteiger partial charge < -0.3 is 29.0 Å². The third-order valence-electron chi connectivity index (χ3n) is 8.43. The average Bonchev–Trinajstić information content (AvgIpc) is 3.69. The summed E-state index contributed by atoms with van der Waals surface area (Å²) >= 11 is 0. The van der Waals surface area contributed by atoms with Gasteiger partial charge in [0.25, 0.3) is 11.8 Å². The molecule has 1 fully saturated rings. The molecule has 1 saturated heterocycles. The van der Waals surface area contributed by atoms with E-state index in [1.807, 2.05) is 52.9 Å². The molecule has 0 unspecified atom stereocenters. The van der Waals surface area contributed by atoms with Crippen molar-refractivity contribution in [3.8, 4) is 23.1 Å². The highest BCUT2D eigenvalue weighted by atomic mass is 79.9. The highest BCUT2D eigenvalue weighted by molar-refractivity contribution is 8.93. The Morgan fingerprint density at radius 3 is 2.37 bits per heavy atom. The number of nitrogens with one attached hydrogen (secondary N) is 1. The van der Waals surface area contributed by atoms with E-state index >= 15 is 0 Å². The van der Waals surface area contributed by atoms with Gasteiger partial charge in [-0.1, -0.05) is 6.07 Å². The highest BCUT2D eigenvalue weighted by Crippen LogP contribution is 2.33. The predicted octanol–water partition coefficient (Wildman–Crippen LogP) is 6.90. The zero-order valence-electron chi connectivity index (χ0n) is 26.2. The maximum absolute atomic E-state index is 13.6. The van der Waals surface area contributed by atoms with Gasteiger partial charge in [0.05, 0.1) is 17.4 Å². The third-order valence-corrected chi connectivity index (χ3v) is 8.43. The van der Waals surface area contributed by atoms with Crippen molar-refractivity contribution in [3.63, 3.8) is 0 Å². The monoisotopic (exact) mass is 737 g/mol. The molecule has 5 aromatic rings. The van der Waals surface area contributed by atoms with Crippen molar-refractivity contribution in [2.45, 2.75) is 12.7 Å². The Balaban J connectivity index is 0.00000417. The average molecular weight is 739 g/mol. The molecule has 14 heteroatoms. The number of piperazine rings is 1. The summed E-state index contributed by atoms with van der Waals surface area (Å²) in [4.78, 5) is 34.5. The van der Waals surface area contributed by atoms with Crippen LogP contribution in [0.15, 0.2) is 85.1 Å². The van der Waals surface area contributed by atoms with E-state index in [1.54, 1.807) is 18.2 Å². The van der Waals surface area contributed by atoms with E-state index in [1.165, 1.54) is 6.20 Å². The number of carbonyl (C=O) groups excluding carboxylic acids is 2. The lowest BCUT2D eigenvalue weighted by Gasteiger charge is -2.34. The number of alkyl halides is 3. The molecule has 2 amide bonds. The topological polar surface area (TPSA) is 98.2 Å². The van der Waals surface area contributed by atoms with Crippen LogP contribution >= 0.6 is 17.0 Å². The predicted molar refractivity (Wildman–Crippen MR) is 181 cm³/mol. The number of pyridine rings is 1. The van der Waals surface area contributed by atoms with Crippen LogP contribution in [0.5, 0.6) is 23.1 Å². The molecule has 1 N–H and O–H groups in total. The molecular weight excluding hydrogens is 707 g/mol. The number of anilines is 1. The van der Waals surface area contributed by atoms with Crippen LogP contribution in [0, 0.1) is 0 Å². The van der Waals surface area contributed by atoms with Gasteiger partial charge in [-0.2, -0.15) is 13.2 Å². The summed E-state index contributed by atoms with van der Waals surface area (Å²) in [5, 5.41) is 3.44. The van der Waals surface area contributed by atoms with E-state index in [0.29, 0.717) is 30.2 Å². The molecular formula is C35H31BrF3N5O5. The molecule has 4 heterocycles. The Morgan fingerprint density at radius 2 is 1.65 bits per heavy atom. The number of aromatic nitrogens is 2. The van der Waals surface area contributed by atoms with E-state index in [2.05, 4.69) is 15.2 Å². The van der Waals surface area contributed by atoms with Crippen molar-refractivity contribution in [2.75, 3.05) is 38.3 Å². The maximum Gasteiger partial charge on any atom is 0.416 e. The molecule has 2 aliphatic rings. The number of carbonyl (C=O) groups is 2. The minimum atomic E-state index is -4.48. The Bertz CT molecular complexity index is 1990. The minimum Gasteiger partial charge on any atom is -0.454 e. The lowest BCUT2D eigenvalue weighted by Crippen LogP contribution is -2.48. The standard InChI is InChI=1S/C35H30F3N5O5.BrH/c1-41-28-9-8-27(48-32-11-7-26(19-39-32)40-33(44)23-3-5-25(6-4-23)35(36,37)38)17-24(28)18-29(41)34(45)43-14-12-42(13-15-43)20-22-2-10-30-31(16-22)47-21-46-30;/h2-11,16-19H,12-15,20-21H2,1H3,(H,40,44);1H. The molecule has 0 spiro atoms. The number of ether oxygens (including phenoxy) is 3. The lowest BCUT2D eigenvalue weighted by molar-refractivity contribution is -0.137. The van der Waals surface area contributed by atoms with Crippen LogP contribution < -0.4 is 19.5 Å². The van der Waals surface area contributed by atoms with Crippen molar-refractivity contribution in [3.05, 3.63) is 107 Å². The minimum absolute atomic E-state index is 0. The number of hydrogen-bond acceptors (Lipinski definition) is 7.